The van der Waals surface area contributed by atoms with Crippen molar-refractivity contribution in [2.45, 2.75) is 26.8 Å². The van der Waals surface area contributed by atoms with Gasteiger partial charge in [-0.2, -0.15) is 0 Å². The van der Waals surface area contributed by atoms with Gasteiger partial charge in [0.1, 0.15) is 5.84 Å². The minimum absolute atomic E-state index is 0.0297. The van der Waals surface area contributed by atoms with Crippen LogP contribution in [0.5, 0.6) is 0 Å². The third-order valence-electron chi connectivity index (χ3n) is 2.99. The minimum atomic E-state index is -0.194. The van der Waals surface area contributed by atoms with Crippen molar-refractivity contribution in [2.24, 2.45) is 4.99 Å². The van der Waals surface area contributed by atoms with Gasteiger partial charge in [0.15, 0.2) is 5.78 Å². The molecule has 2 N–H and O–H groups in total. The van der Waals surface area contributed by atoms with Gasteiger partial charge in [-0.25, -0.2) is 0 Å². The first kappa shape index (κ1) is 15.0. The molecule has 0 saturated heterocycles. The lowest BCUT2D eigenvalue weighted by molar-refractivity contribution is -0.112. The average Bonchev–Trinajstić information content (AvgIpc) is 2.86. The lowest BCUT2D eigenvalue weighted by Crippen LogP contribution is -2.28. The van der Waals surface area contributed by atoms with E-state index in [4.69, 9.17) is 0 Å². The highest BCUT2D eigenvalue weighted by atomic mass is 16.1. The number of benzene rings is 1. The first-order valence-corrected chi connectivity index (χ1v) is 6.89. The van der Waals surface area contributed by atoms with E-state index in [1.807, 2.05) is 13.8 Å². The van der Waals surface area contributed by atoms with E-state index in [1.54, 1.807) is 30.3 Å². The maximum absolute atomic E-state index is 12.2. The van der Waals surface area contributed by atoms with Crippen molar-refractivity contribution < 1.29 is 9.59 Å². The average molecular weight is 285 g/mol. The van der Waals surface area contributed by atoms with Crippen LogP contribution in [0.15, 0.2) is 40.9 Å². The predicted molar refractivity (Wildman–Crippen MR) is 83.7 cm³/mol. The molecule has 0 radical (unpaired) electrons. The number of hydrogen-bond acceptors (Lipinski definition) is 4. The molecule has 5 heteroatoms. The molecule has 21 heavy (non-hydrogen) atoms. The Morgan fingerprint density at radius 2 is 2.05 bits per heavy atom. The van der Waals surface area contributed by atoms with Crippen molar-refractivity contribution in [3.05, 3.63) is 41.5 Å². The van der Waals surface area contributed by atoms with Crippen molar-refractivity contribution in [2.75, 3.05) is 11.9 Å². The number of rotatable bonds is 4. The number of hydrogen-bond donors (Lipinski definition) is 2. The van der Waals surface area contributed by atoms with Crippen LogP contribution in [0.25, 0.3) is 0 Å². The van der Waals surface area contributed by atoms with Gasteiger partial charge < -0.3 is 10.6 Å². The Bertz CT molecular complexity index is 630. The summed E-state index contributed by atoms with van der Waals surface area (Å²) in [6.07, 6.45) is 1.75. The summed E-state index contributed by atoms with van der Waals surface area (Å²) in [6, 6.07) is 7.17. The molecule has 5 nitrogen and oxygen atoms in total. The van der Waals surface area contributed by atoms with E-state index in [0.717, 1.165) is 5.84 Å². The molecule has 1 amide bonds. The van der Waals surface area contributed by atoms with Gasteiger partial charge in [-0.3, -0.25) is 14.6 Å². The standard InChI is InChI=1S/C16H19N3O2/c1-10(2)18-15-8-13(9-17-15)16(21)19-14-6-4-5-12(7-14)11(3)20/h4-8,10H,9H2,1-3H3,(H,17,18)(H,19,21). The van der Waals surface area contributed by atoms with E-state index in [9.17, 15) is 9.59 Å². The number of aliphatic imine (C=N–C) groups is 1. The number of nitrogens with one attached hydrogen (secondary N) is 2. The number of carbonyl (C=O) groups excluding carboxylic acids is 2. The number of Topliss-reactive ketones (excluding diaryl/α,β-unsaturated/α-hetero) is 1. The van der Waals surface area contributed by atoms with Crippen LogP contribution in [0.1, 0.15) is 31.1 Å². The van der Waals surface area contributed by atoms with Gasteiger partial charge in [0.05, 0.1) is 6.54 Å². The van der Waals surface area contributed by atoms with Gasteiger partial charge in [-0.1, -0.05) is 12.1 Å². The molecule has 0 unspecified atom stereocenters. The van der Waals surface area contributed by atoms with Crippen molar-refractivity contribution in [1.82, 2.24) is 5.32 Å². The van der Waals surface area contributed by atoms with Gasteiger partial charge in [0.25, 0.3) is 5.91 Å². The summed E-state index contributed by atoms with van der Waals surface area (Å²) in [5.41, 5.74) is 1.79. The molecule has 0 atom stereocenters. The molecule has 1 aromatic carbocycles. The van der Waals surface area contributed by atoms with E-state index >= 15 is 0 Å². The Kier molecular flexibility index (Phi) is 4.52. The molecule has 1 aliphatic heterocycles. The fraction of sp³-hybridized carbons (Fsp3) is 0.312. The normalized spacial score (nSPS) is 13.7. The smallest absolute Gasteiger partial charge is 0.253 e. The molecule has 1 heterocycles. The molecule has 0 saturated carbocycles. The van der Waals surface area contributed by atoms with Gasteiger partial charge in [0.2, 0.25) is 0 Å². The van der Waals surface area contributed by atoms with Crippen LogP contribution >= 0.6 is 0 Å². The van der Waals surface area contributed by atoms with E-state index in [2.05, 4.69) is 15.6 Å². The number of amidine groups is 1. The zero-order valence-corrected chi connectivity index (χ0v) is 12.4. The van der Waals surface area contributed by atoms with E-state index in [0.29, 0.717) is 23.4 Å². The molecule has 0 aliphatic carbocycles. The van der Waals surface area contributed by atoms with Crippen LogP contribution in [0.3, 0.4) is 0 Å². The van der Waals surface area contributed by atoms with E-state index < -0.39 is 0 Å². The van der Waals surface area contributed by atoms with Gasteiger partial charge in [-0.05, 0) is 39.0 Å². The second kappa shape index (κ2) is 6.35. The Morgan fingerprint density at radius 3 is 2.71 bits per heavy atom. The number of nitrogens with zero attached hydrogens (tertiary/aromatic N) is 1. The van der Waals surface area contributed by atoms with Crippen LogP contribution < -0.4 is 10.6 Å². The number of amides is 1. The third kappa shape index (κ3) is 4.02. The predicted octanol–water partition coefficient (Wildman–Crippen LogP) is 2.16. The summed E-state index contributed by atoms with van der Waals surface area (Å²) in [7, 11) is 0. The zero-order chi connectivity index (χ0) is 15.4. The summed E-state index contributed by atoms with van der Waals surface area (Å²) in [5.74, 6) is 0.505. The minimum Gasteiger partial charge on any atom is -0.368 e. The Balaban J connectivity index is 2.03. The largest absolute Gasteiger partial charge is 0.368 e. The van der Waals surface area contributed by atoms with Crippen molar-refractivity contribution >= 4 is 23.2 Å². The van der Waals surface area contributed by atoms with Crippen LogP contribution in [0, 0.1) is 0 Å². The van der Waals surface area contributed by atoms with Gasteiger partial charge >= 0.3 is 0 Å². The maximum Gasteiger partial charge on any atom is 0.253 e. The molecular weight excluding hydrogens is 266 g/mol. The van der Waals surface area contributed by atoms with E-state index in [1.165, 1.54) is 6.92 Å². The highest BCUT2D eigenvalue weighted by Gasteiger charge is 2.16. The van der Waals surface area contributed by atoms with Crippen LogP contribution in [0.2, 0.25) is 0 Å². The second-order valence-electron chi connectivity index (χ2n) is 5.26. The van der Waals surface area contributed by atoms with Gasteiger partial charge in [-0.15, -0.1) is 0 Å². The summed E-state index contributed by atoms with van der Waals surface area (Å²) in [5, 5.41) is 5.96. The fourth-order valence-corrected chi connectivity index (χ4v) is 1.97. The van der Waals surface area contributed by atoms with E-state index in [-0.39, 0.29) is 17.7 Å². The highest BCUT2D eigenvalue weighted by molar-refractivity contribution is 6.11. The van der Waals surface area contributed by atoms with Crippen LogP contribution in [0.4, 0.5) is 5.69 Å². The topological polar surface area (TPSA) is 70.6 Å². The first-order valence-electron chi connectivity index (χ1n) is 6.89. The lowest BCUT2D eigenvalue weighted by atomic mass is 10.1. The molecular formula is C16H19N3O2. The van der Waals surface area contributed by atoms with Gasteiger partial charge in [0, 0.05) is 22.9 Å². The number of carbonyl (C=O) groups is 2. The Morgan fingerprint density at radius 1 is 1.29 bits per heavy atom. The lowest BCUT2D eigenvalue weighted by Gasteiger charge is -2.07. The van der Waals surface area contributed by atoms with Crippen molar-refractivity contribution in [3.8, 4) is 0 Å². The molecule has 1 aliphatic rings. The van der Waals surface area contributed by atoms with Crippen LogP contribution in [-0.4, -0.2) is 30.1 Å². The summed E-state index contributed by atoms with van der Waals surface area (Å²) in [6.45, 7) is 5.90. The monoisotopic (exact) mass is 285 g/mol. The molecule has 0 aromatic heterocycles. The number of anilines is 1. The molecule has 0 spiro atoms. The van der Waals surface area contributed by atoms with Crippen molar-refractivity contribution in [3.63, 3.8) is 0 Å². The second-order valence-corrected chi connectivity index (χ2v) is 5.26. The Hall–Kier alpha value is -2.43. The zero-order valence-electron chi connectivity index (χ0n) is 12.4. The fourth-order valence-electron chi connectivity index (χ4n) is 1.97. The van der Waals surface area contributed by atoms with Crippen LogP contribution in [-0.2, 0) is 4.79 Å². The maximum atomic E-state index is 12.2. The highest BCUT2D eigenvalue weighted by Crippen LogP contribution is 2.14. The molecule has 1 aromatic rings. The quantitative estimate of drug-likeness (QED) is 0.833. The number of ketones is 1. The summed E-state index contributed by atoms with van der Waals surface area (Å²) < 4.78 is 0. The van der Waals surface area contributed by atoms with Crippen molar-refractivity contribution in [1.29, 1.82) is 0 Å². The molecule has 0 fully saturated rings. The molecule has 2 rings (SSSR count). The summed E-state index contributed by atoms with van der Waals surface area (Å²) in [4.78, 5) is 27.8. The molecule has 110 valence electrons. The SMILES string of the molecule is CC(=O)c1cccc(NC(=O)C2=CC(NC(C)C)=NC2)c1. The molecule has 0 bridgehead atoms. The Labute approximate surface area is 124 Å². The third-order valence-corrected chi connectivity index (χ3v) is 2.99. The first-order chi connectivity index (χ1) is 9.95. The summed E-state index contributed by atoms with van der Waals surface area (Å²) >= 11 is 0.